The summed E-state index contributed by atoms with van der Waals surface area (Å²) in [5.41, 5.74) is 0.863. The van der Waals surface area contributed by atoms with E-state index in [0.717, 1.165) is 5.56 Å². The van der Waals surface area contributed by atoms with E-state index in [1.807, 2.05) is 42.5 Å². The second kappa shape index (κ2) is 14.7. The molecule has 39 heavy (non-hydrogen) atoms. The molecule has 3 amide bonds. The van der Waals surface area contributed by atoms with Gasteiger partial charge in [0.15, 0.2) is 0 Å². The number of amides is 3. The summed E-state index contributed by atoms with van der Waals surface area (Å²) in [7, 11) is 0. The number of pyridine rings is 1. The predicted octanol–water partition coefficient (Wildman–Crippen LogP) is 1.63. The van der Waals surface area contributed by atoms with Crippen molar-refractivity contribution in [2.45, 2.75) is 45.1 Å². The smallest absolute Gasteiger partial charge is 0.410 e. The van der Waals surface area contributed by atoms with Gasteiger partial charge in [0.25, 0.3) is 0 Å². The number of carbonyl (C=O) groups is 4. The third kappa shape index (κ3) is 9.56. The van der Waals surface area contributed by atoms with E-state index < -0.39 is 41.9 Å². The minimum absolute atomic E-state index is 0.128. The number of nitrogens with zero attached hydrogens (tertiary/aromatic N) is 2. The summed E-state index contributed by atoms with van der Waals surface area (Å²) in [5.74, 6) is -1.95. The number of rotatable bonds is 13. The van der Waals surface area contributed by atoms with Crippen LogP contribution in [0.3, 0.4) is 0 Å². The molecule has 1 fully saturated rings. The van der Waals surface area contributed by atoms with Crippen molar-refractivity contribution in [3.63, 3.8) is 0 Å². The van der Waals surface area contributed by atoms with Crippen LogP contribution in [-0.4, -0.2) is 83.3 Å². The third-order valence-corrected chi connectivity index (χ3v) is 6.09. The van der Waals surface area contributed by atoms with Gasteiger partial charge in [-0.1, -0.05) is 50.2 Å². The Balaban J connectivity index is 1.53. The van der Waals surface area contributed by atoms with Crippen molar-refractivity contribution in [3.8, 4) is 0 Å². The number of hydrogen-bond donors (Lipinski definition) is 4. The zero-order valence-corrected chi connectivity index (χ0v) is 22.0. The van der Waals surface area contributed by atoms with Crippen LogP contribution in [0, 0.1) is 5.92 Å². The van der Waals surface area contributed by atoms with Gasteiger partial charge >= 0.3 is 12.1 Å². The first-order chi connectivity index (χ1) is 18.7. The molecule has 2 aromatic rings. The Kier molecular flexibility index (Phi) is 11.0. The molecule has 0 spiro atoms. The van der Waals surface area contributed by atoms with Crippen LogP contribution in [0.5, 0.6) is 0 Å². The number of hydrogen-bond acceptors (Lipinski definition) is 8. The Bertz CT molecular complexity index is 1100. The van der Waals surface area contributed by atoms with Crippen LogP contribution in [0.2, 0.25) is 0 Å². The van der Waals surface area contributed by atoms with E-state index in [0.29, 0.717) is 18.8 Å². The molecule has 1 saturated heterocycles. The van der Waals surface area contributed by atoms with Gasteiger partial charge in [0, 0.05) is 25.2 Å². The lowest BCUT2D eigenvalue weighted by Gasteiger charge is -2.24. The van der Waals surface area contributed by atoms with E-state index in [1.165, 1.54) is 0 Å². The Morgan fingerprint density at radius 3 is 2.51 bits per heavy atom. The zero-order valence-electron chi connectivity index (χ0n) is 22.0. The van der Waals surface area contributed by atoms with E-state index in [4.69, 9.17) is 9.47 Å². The monoisotopic (exact) mass is 541 g/mol. The summed E-state index contributed by atoms with van der Waals surface area (Å²) in [6.45, 7) is 3.42. The SMILES string of the molecule is CC(C)C(=O)NC(CNC(=O)COC1CC(CNc2ccccn2)N(C(=O)OCc2ccccc2)C1)C(=O)O. The number of benzene rings is 1. The van der Waals surface area contributed by atoms with Crippen LogP contribution in [0.1, 0.15) is 25.8 Å². The van der Waals surface area contributed by atoms with Crippen molar-refractivity contribution in [2.24, 2.45) is 5.92 Å². The Morgan fingerprint density at radius 1 is 1.10 bits per heavy atom. The number of nitrogens with one attached hydrogen (secondary N) is 3. The molecular weight excluding hydrogens is 506 g/mol. The lowest BCUT2D eigenvalue weighted by molar-refractivity contribution is -0.142. The predicted molar refractivity (Wildman–Crippen MR) is 142 cm³/mol. The lowest BCUT2D eigenvalue weighted by atomic mass is 10.2. The number of aromatic nitrogens is 1. The van der Waals surface area contributed by atoms with Crippen LogP contribution in [0.25, 0.3) is 0 Å². The molecule has 1 aliphatic rings. The normalized spacial score (nSPS) is 17.4. The van der Waals surface area contributed by atoms with Crippen LogP contribution < -0.4 is 16.0 Å². The summed E-state index contributed by atoms with van der Waals surface area (Å²) in [6.07, 6.45) is 1.19. The summed E-state index contributed by atoms with van der Waals surface area (Å²) >= 11 is 0. The van der Waals surface area contributed by atoms with Gasteiger partial charge in [-0.2, -0.15) is 0 Å². The van der Waals surface area contributed by atoms with Crippen molar-refractivity contribution in [3.05, 3.63) is 60.3 Å². The number of aliphatic carboxylic acids is 1. The van der Waals surface area contributed by atoms with E-state index in [1.54, 1.807) is 31.0 Å². The molecule has 1 aromatic heterocycles. The minimum atomic E-state index is -1.26. The Labute approximate surface area is 227 Å². The molecule has 12 nitrogen and oxygen atoms in total. The van der Waals surface area contributed by atoms with E-state index >= 15 is 0 Å². The fraction of sp³-hybridized carbons (Fsp3) is 0.444. The van der Waals surface area contributed by atoms with Crippen LogP contribution >= 0.6 is 0 Å². The number of carbonyl (C=O) groups excluding carboxylic acids is 3. The second-order valence-corrected chi connectivity index (χ2v) is 9.47. The first-order valence-corrected chi connectivity index (χ1v) is 12.8. The Morgan fingerprint density at radius 2 is 1.85 bits per heavy atom. The first kappa shape index (κ1) is 29.4. The number of anilines is 1. The van der Waals surface area contributed by atoms with Crippen molar-refractivity contribution in [1.82, 2.24) is 20.5 Å². The van der Waals surface area contributed by atoms with E-state index in [2.05, 4.69) is 20.9 Å². The highest BCUT2D eigenvalue weighted by Crippen LogP contribution is 2.22. The number of carboxylic acid groups (broad SMARTS) is 1. The maximum Gasteiger partial charge on any atom is 0.410 e. The van der Waals surface area contributed by atoms with Crippen molar-refractivity contribution in [1.29, 1.82) is 0 Å². The van der Waals surface area contributed by atoms with Gasteiger partial charge in [0.05, 0.1) is 18.7 Å². The summed E-state index contributed by atoms with van der Waals surface area (Å²) in [4.78, 5) is 54.3. The van der Waals surface area contributed by atoms with Gasteiger partial charge in [0.2, 0.25) is 11.8 Å². The van der Waals surface area contributed by atoms with Gasteiger partial charge < -0.3 is 35.4 Å². The molecule has 2 heterocycles. The highest BCUT2D eigenvalue weighted by molar-refractivity contribution is 5.85. The van der Waals surface area contributed by atoms with Crippen molar-refractivity contribution >= 4 is 29.7 Å². The highest BCUT2D eigenvalue weighted by atomic mass is 16.6. The lowest BCUT2D eigenvalue weighted by Crippen LogP contribution is -2.50. The molecule has 0 bridgehead atoms. The highest BCUT2D eigenvalue weighted by Gasteiger charge is 2.37. The number of carboxylic acids is 1. The van der Waals surface area contributed by atoms with Gasteiger partial charge in [-0.05, 0) is 24.1 Å². The van der Waals surface area contributed by atoms with Crippen LogP contribution in [0.4, 0.5) is 10.6 Å². The van der Waals surface area contributed by atoms with E-state index in [9.17, 15) is 24.3 Å². The van der Waals surface area contributed by atoms with Crippen molar-refractivity contribution in [2.75, 3.05) is 31.6 Å². The topological polar surface area (TPSA) is 159 Å². The average Bonchev–Trinajstić information content (AvgIpc) is 3.35. The number of ether oxygens (including phenoxy) is 2. The molecule has 0 saturated carbocycles. The van der Waals surface area contributed by atoms with Gasteiger partial charge in [-0.25, -0.2) is 14.6 Å². The van der Waals surface area contributed by atoms with Crippen LogP contribution in [0.15, 0.2) is 54.7 Å². The standard InChI is InChI=1S/C27H35N5O7/c1-18(2)25(34)31-22(26(35)36)14-30-24(33)17-38-21-12-20(13-29-23-10-6-7-11-28-23)32(15-21)27(37)39-16-19-8-4-3-5-9-19/h3-11,18,20-22H,12-17H2,1-2H3,(H,28,29)(H,30,33)(H,31,34)(H,35,36). The van der Waals surface area contributed by atoms with Gasteiger partial charge in [-0.15, -0.1) is 0 Å². The second-order valence-electron chi connectivity index (χ2n) is 9.47. The molecule has 1 aromatic carbocycles. The van der Waals surface area contributed by atoms with Crippen LogP contribution in [-0.2, 0) is 30.5 Å². The molecular formula is C27H35N5O7. The van der Waals surface area contributed by atoms with Crippen molar-refractivity contribution < 1.29 is 33.8 Å². The zero-order chi connectivity index (χ0) is 28.2. The maximum absolute atomic E-state index is 12.9. The molecule has 0 radical (unpaired) electrons. The maximum atomic E-state index is 12.9. The number of likely N-dealkylation sites (tertiary alicyclic amines) is 1. The third-order valence-electron chi connectivity index (χ3n) is 6.09. The molecule has 1 aliphatic heterocycles. The summed E-state index contributed by atoms with van der Waals surface area (Å²) < 4.78 is 11.3. The molecule has 0 aliphatic carbocycles. The average molecular weight is 542 g/mol. The largest absolute Gasteiger partial charge is 0.480 e. The molecule has 3 atom stereocenters. The minimum Gasteiger partial charge on any atom is -0.480 e. The Hall–Kier alpha value is -4.19. The molecule has 12 heteroatoms. The molecule has 3 rings (SSSR count). The first-order valence-electron chi connectivity index (χ1n) is 12.8. The van der Waals surface area contributed by atoms with Gasteiger partial charge in [-0.3, -0.25) is 9.59 Å². The quantitative estimate of drug-likeness (QED) is 0.296. The fourth-order valence-electron chi connectivity index (χ4n) is 3.90. The fourth-order valence-corrected chi connectivity index (χ4v) is 3.90. The molecule has 3 unspecified atom stereocenters. The summed E-state index contributed by atoms with van der Waals surface area (Å²) in [6, 6.07) is 13.3. The summed E-state index contributed by atoms with van der Waals surface area (Å²) in [5, 5.41) is 17.4. The van der Waals surface area contributed by atoms with Gasteiger partial charge in [0.1, 0.15) is 25.1 Å². The molecule has 4 N–H and O–H groups in total. The molecule has 210 valence electrons. The van der Waals surface area contributed by atoms with E-state index in [-0.39, 0.29) is 32.3 Å².